The Morgan fingerprint density at radius 2 is 2.00 bits per heavy atom. The van der Waals surface area contributed by atoms with Crippen molar-refractivity contribution in [2.75, 3.05) is 27.2 Å². The molecule has 1 rings (SSSR count). The van der Waals surface area contributed by atoms with Gasteiger partial charge >= 0.3 is 0 Å². The lowest BCUT2D eigenvalue weighted by Crippen LogP contribution is -2.31. The molecule has 0 heterocycles. The molecular weight excluding hydrogens is 200 g/mol. The number of carbonyl (C=O) groups is 1. The molecule has 1 aliphatic carbocycles. The number of amides is 1. The van der Waals surface area contributed by atoms with Gasteiger partial charge in [0.1, 0.15) is 0 Å². The van der Waals surface area contributed by atoms with Crippen molar-refractivity contribution in [3.63, 3.8) is 0 Å². The SMILES string of the molecule is CNCCC(=O)N(C)CCC1CCCCC1. The van der Waals surface area contributed by atoms with E-state index in [1.54, 1.807) is 0 Å². The van der Waals surface area contributed by atoms with E-state index in [-0.39, 0.29) is 5.91 Å². The van der Waals surface area contributed by atoms with Gasteiger partial charge in [-0.2, -0.15) is 0 Å². The van der Waals surface area contributed by atoms with Crippen LogP contribution in [0.25, 0.3) is 0 Å². The van der Waals surface area contributed by atoms with Crippen molar-refractivity contribution in [3.8, 4) is 0 Å². The van der Waals surface area contributed by atoms with Crippen molar-refractivity contribution in [1.82, 2.24) is 10.2 Å². The second-order valence-electron chi connectivity index (χ2n) is 4.96. The molecule has 1 N–H and O–H groups in total. The zero-order valence-electron chi connectivity index (χ0n) is 10.8. The maximum Gasteiger partial charge on any atom is 0.223 e. The summed E-state index contributed by atoms with van der Waals surface area (Å²) in [7, 11) is 3.82. The number of hydrogen-bond donors (Lipinski definition) is 1. The maximum absolute atomic E-state index is 11.7. The first-order valence-corrected chi connectivity index (χ1v) is 6.62. The number of rotatable bonds is 6. The topological polar surface area (TPSA) is 32.3 Å². The highest BCUT2D eigenvalue weighted by Gasteiger charge is 2.15. The Morgan fingerprint density at radius 1 is 1.31 bits per heavy atom. The summed E-state index contributed by atoms with van der Waals surface area (Å²) in [5.74, 6) is 1.14. The summed E-state index contributed by atoms with van der Waals surface area (Å²) < 4.78 is 0. The van der Waals surface area contributed by atoms with Crippen molar-refractivity contribution >= 4 is 5.91 Å². The van der Waals surface area contributed by atoms with Gasteiger partial charge in [-0.3, -0.25) is 4.79 Å². The molecule has 94 valence electrons. The summed E-state index contributed by atoms with van der Waals surface area (Å²) >= 11 is 0. The Labute approximate surface area is 99.6 Å². The van der Waals surface area contributed by atoms with Gasteiger partial charge in [0.2, 0.25) is 5.91 Å². The third-order valence-electron chi connectivity index (χ3n) is 3.61. The molecule has 0 unspecified atom stereocenters. The Balaban J connectivity index is 2.12. The van der Waals surface area contributed by atoms with E-state index < -0.39 is 0 Å². The molecule has 0 aromatic rings. The third kappa shape index (κ3) is 4.97. The number of hydrogen-bond acceptors (Lipinski definition) is 2. The van der Waals surface area contributed by atoms with Crippen LogP contribution in [0.3, 0.4) is 0 Å². The standard InChI is InChI=1S/C13H26N2O/c1-14-10-8-13(16)15(2)11-9-12-6-4-3-5-7-12/h12,14H,3-11H2,1-2H3. The van der Waals surface area contributed by atoms with Crippen molar-refractivity contribution in [2.24, 2.45) is 5.92 Å². The zero-order chi connectivity index (χ0) is 11.8. The van der Waals surface area contributed by atoms with Gasteiger partial charge in [-0.15, -0.1) is 0 Å². The van der Waals surface area contributed by atoms with Crippen LogP contribution in [0, 0.1) is 5.92 Å². The molecule has 0 atom stereocenters. The highest BCUT2D eigenvalue weighted by molar-refractivity contribution is 5.75. The van der Waals surface area contributed by atoms with Crippen molar-refractivity contribution < 1.29 is 4.79 Å². The largest absolute Gasteiger partial charge is 0.346 e. The van der Waals surface area contributed by atoms with Crippen LogP contribution in [0.2, 0.25) is 0 Å². The fourth-order valence-corrected chi connectivity index (χ4v) is 2.40. The lowest BCUT2D eigenvalue weighted by molar-refractivity contribution is -0.129. The van der Waals surface area contributed by atoms with E-state index in [0.29, 0.717) is 6.42 Å². The maximum atomic E-state index is 11.7. The molecule has 0 spiro atoms. The van der Waals surface area contributed by atoms with E-state index in [0.717, 1.165) is 19.0 Å². The van der Waals surface area contributed by atoms with E-state index in [9.17, 15) is 4.79 Å². The first-order chi connectivity index (χ1) is 7.74. The van der Waals surface area contributed by atoms with Crippen LogP contribution in [0.1, 0.15) is 44.9 Å². The number of nitrogens with one attached hydrogen (secondary N) is 1. The van der Waals surface area contributed by atoms with E-state index in [1.165, 1.54) is 38.5 Å². The summed E-state index contributed by atoms with van der Waals surface area (Å²) in [5.41, 5.74) is 0. The normalized spacial score (nSPS) is 17.4. The molecule has 0 aliphatic heterocycles. The summed E-state index contributed by atoms with van der Waals surface area (Å²) in [6.45, 7) is 1.72. The van der Waals surface area contributed by atoms with Gasteiger partial charge in [0.15, 0.2) is 0 Å². The quantitative estimate of drug-likeness (QED) is 0.751. The third-order valence-corrected chi connectivity index (χ3v) is 3.61. The molecule has 0 saturated heterocycles. The molecule has 16 heavy (non-hydrogen) atoms. The second kappa shape index (κ2) is 7.66. The van der Waals surface area contributed by atoms with Crippen LogP contribution in [0.5, 0.6) is 0 Å². The number of nitrogens with zero attached hydrogens (tertiary/aromatic N) is 1. The molecule has 0 radical (unpaired) electrons. The highest BCUT2D eigenvalue weighted by atomic mass is 16.2. The minimum atomic E-state index is 0.269. The molecule has 1 saturated carbocycles. The van der Waals surface area contributed by atoms with E-state index in [2.05, 4.69) is 5.32 Å². The van der Waals surface area contributed by atoms with Crippen LogP contribution in [-0.4, -0.2) is 38.0 Å². The van der Waals surface area contributed by atoms with Gasteiger partial charge in [0, 0.05) is 26.6 Å². The fourth-order valence-electron chi connectivity index (χ4n) is 2.40. The van der Waals surface area contributed by atoms with Crippen LogP contribution >= 0.6 is 0 Å². The van der Waals surface area contributed by atoms with Crippen LogP contribution in [0.4, 0.5) is 0 Å². The van der Waals surface area contributed by atoms with Crippen molar-refractivity contribution in [2.45, 2.75) is 44.9 Å². The smallest absolute Gasteiger partial charge is 0.223 e. The predicted octanol–water partition coefficient (Wildman–Crippen LogP) is 2.02. The van der Waals surface area contributed by atoms with Crippen LogP contribution < -0.4 is 5.32 Å². The first-order valence-electron chi connectivity index (χ1n) is 6.62. The minimum Gasteiger partial charge on any atom is -0.346 e. The highest BCUT2D eigenvalue weighted by Crippen LogP contribution is 2.26. The Hall–Kier alpha value is -0.570. The average Bonchev–Trinajstić information content (AvgIpc) is 2.34. The molecule has 3 nitrogen and oxygen atoms in total. The van der Waals surface area contributed by atoms with E-state index >= 15 is 0 Å². The van der Waals surface area contributed by atoms with E-state index in [4.69, 9.17) is 0 Å². The Morgan fingerprint density at radius 3 is 2.62 bits per heavy atom. The van der Waals surface area contributed by atoms with Gasteiger partial charge in [-0.1, -0.05) is 32.1 Å². The van der Waals surface area contributed by atoms with Gasteiger partial charge < -0.3 is 10.2 Å². The monoisotopic (exact) mass is 226 g/mol. The lowest BCUT2D eigenvalue weighted by Gasteiger charge is -2.24. The molecule has 0 bridgehead atoms. The molecule has 0 aromatic carbocycles. The van der Waals surface area contributed by atoms with Gasteiger partial charge in [-0.05, 0) is 19.4 Å². The van der Waals surface area contributed by atoms with Gasteiger partial charge in [0.25, 0.3) is 0 Å². The zero-order valence-corrected chi connectivity index (χ0v) is 10.8. The predicted molar refractivity (Wildman–Crippen MR) is 67.4 cm³/mol. The lowest BCUT2D eigenvalue weighted by atomic mass is 9.87. The van der Waals surface area contributed by atoms with Crippen LogP contribution in [-0.2, 0) is 4.79 Å². The molecule has 1 aliphatic rings. The molecule has 1 amide bonds. The molecule has 1 fully saturated rings. The summed E-state index contributed by atoms with van der Waals surface area (Å²) in [6.07, 6.45) is 8.76. The van der Waals surface area contributed by atoms with E-state index in [1.807, 2.05) is 19.0 Å². The van der Waals surface area contributed by atoms with Gasteiger partial charge in [0.05, 0.1) is 0 Å². The fraction of sp³-hybridized carbons (Fsp3) is 0.923. The molecular formula is C13H26N2O. The molecule has 3 heteroatoms. The van der Waals surface area contributed by atoms with Crippen LogP contribution in [0.15, 0.2) is 0 Å². The Kier molecular flexibility index (Phi) is 6.46. The second-order valence-corrected chi connectivity index (χ2v) is 4.96. The summed E-state index contributed by atoms with van der Waals surface area (Å²) in [6, 6.07) is 0. The Bertz CT molecular complexity index is 200. The first kappa shape index (κ1) is 13.5. The average molecular weight is 226 g/mol. The summed E-state index contributed by atoms with van der Waals surface area (Å²) in [5, 5.41) is 3.01. The molecule has 0 aromatic heterocycles. The number of carbonyl (C=O) groups excluding carboxylic acids is 1. The van der Waals surface area contributed by atoms with Crippen molar-refractivity contribution in [3.05, 3.63) is 0 Å². The minimum absolute atomic E-state index is 0.269. The van der Waals surface area contributed by atoms with Gasteiger partial charge in [-0.25, -0.2) is 0 Å². The van der Waals surface area contributed by atoms with Crippen molar-refractivity contribution in [1.29, 1.82) is 0 Å². The summed E-state index contributed by atoms with van der Waals surface area (Å²) in [4.78, 5) is 13.6.